The van der Waals surface area contributed by atoms with Crippen LogP contribution >= 0.6 is 11.6 Å². The van der Waals surface area contributed by atoms with Gasteiger partial charge in [-0.15, -0.1) is 0 Å². The third-order valence-electron chi connectivity index (χ3n) is 2.80. The molecule has 3 nitrogen and oxygen atoms in total. The van der Waals surface area contributed by atoms with Crippen LogP contribution in [0, 0.1) is 5.82 Å². The fraction of sp³-hybridized carbons (Fsp3) is 0.200. The van der Waals surface area contributed by atoms with E-state index in [0.717, 1.165) is 5.56 Å². The molecule has 0 saturated heterocycles. The first-order valence-electron chi connectivity index (χ1n) is 6.03. The third kappa shape index (κ3) is 3.78. The van der Waals surface area contributed by atoms with E-state index in [-0.39, 0.29) is 18.6 Å². The standard InChI is InChI=1S/C15H13ClFNO2/c1-20-15-5-2-10(9-18-15)6-13(19)8-11-7-12(16)3-4-14(11)17/h2-5,7,9H,6,8H2,1H3. The Balaban J connectivity index is 2.03. The number of benzene rings is 1. The van der Waals surface area contributed by atoms with Gasteiger partial charge in [-0.05, 0) is 29.3 Å². The Kier molecular flexibility index (Phi) is 4.69. The Morgan fingerprint density at radius 1 is 1.30 bits per heavy atom. The number of methoxy groups -OCH3 is 1. The average molecular weight is 294 g/mol. The first-order chi connectivity index (χ1) is 9.58. The van der Waals surface area contributed by atoms with Gasteiger partial charge in [0.25, 0.3) is 0 Å². The number of halogens is 2. The summed E-state index contributed by atoms with van der Waals surface area (Å²) in [5.74, 6) is -0.0316. The summed E-state index contributed by atoms with van der Waals surface area (Å²) >= 11 is 5.79. The summed E-state index contributed by atoms with van der Waals surface area (Å²) in [5, 5.41) is 0.417. The van der Waals surface area contributed by atoms with Crippen LogP contribution in [0.5, 0.6) is 5.88 Å². The number of ketones is 1. The Hall–Kier alpha value is -1.94. The fourth-order valence-electron chi connectivity index (χ4n) is 1.82. The molecule has 104 valence electrons. The second-order valence-electron chi connectivity index (χ2n) is 4.34. The van der Waals surface area contributed by atoms with Gasteiger partial charge in [-0.1, -0.05) is 17.7 Å². The van der Waals surface area contributed by atoms with E-state index in [0.29, 0.717) is 16.5 Å². The molecule has 0 unspecified atom stereocenters. The predicted octanol–water partition coefficient (Wildman–Crippen LogP) is 3.24. The van der Waals surface area contributed by atoms with E-state index >= 15 is 0 Å². The highest BCUT2D eigenvalue weighted by atomic mass is 35.5. The molecule has 1 aromatic heterocycles. The zero-order chi connectivity index (χ0) is 14.5. The molecule has 0 spiro atoms. The molecule has 0 N–H and O–H groups in total. The minimum Gasteiger partial charge on any atom is -0.481 e. The van der Waals surface area contributed by atoms with Crippen molar-refractivity contribution in [1.29, 1.82) is 0 Å². The molecule has 0 aliphatic rings. The normalized spacial score (nSPS) is 10.3. The summed E-state index contributed by atoms with van der Waals surface area (Å²) in [6.45, 7) is 0. The number of carbonyl (C=O) groups is 1. The molecule has 0 radical (unpaired) electrons. The summed E-state index contributed by atoms with van der Waals surface area (Å²) in [4.78, 5) is 16.0. The topological polar surface area (TPSA) is 39.2 Å². The highest BCUT2D eigenvalue weighted by Crippen LogP contribution is 2.16. The van der Waals surface area contributed by atoms with Crippen molar-refractivity contribution in [3.05, 3.63) is 58.5 Å². The number of aromatic nitrogens is 1. The van der Waals surface area contributed by atoms with Crippen LogP contribution in [-0.4, -0.2) is 17.9 Å². The maximum atomic E-state index is 13.5. The van der Waals surface area contributed by atoms with Gasteiger partial charge in [-0.25, -0.2) is 9.37 Å². The SMILES string of the molecule is COc1ccc(CC(=O)Cc2cc(Cl)ccc2F)cn1. The molecule has 1 heterocycles. The quantitative estimate of drug-likeness (QED) is 0.849. The van der Waals surface area contributed by atoms with Gasteiger partial charge in [0.1, 0.15) is 11.6 Å². The molecule has 0 aliphatic carbocycles. The van der Waals surface area contributed by atoms with Crippen LogP contribution < -0.4 is 4.74 Å². The Morgan fingerprint density at radius 2 is 2.10 bits per heavy atom. The van der Waals surface area contributed by atoms with E-state index in [4.69, 9.17) is 16.3 Å². The maximum absolute atomic E-state index is 13.5. The van der Waals surface area contributed by atoms with Gasteiger partial charge < -0.3 is 4.74 Å². The number of hydrogen-bond donors (Lipinski definition) is 0. The van der Waals surface area contributed by atoms with Crippen molar-refractivity contribution in [1.82, 2.24) is 4.98 Å². The molecule has 2 rings (SSSR count). The lowest BCUT2D eigenvalue weighted by Crippen LogP contribution is -2.08. The van der Waals surface area contributed by atoms with E-state index < -0.39 is 5.82 Å². The number of hydrogen-bond acceptors (Lipinski definition) is 3. The van der Waals surface area contributed by atoms with Crippen molar-refractivity contribution in [2.45, 2.75) is 12.8 Å². The number of Topliss-reactive ketones (excluding diaryl/α,β-unsaturated/α-hetero) is 1. The largest absolute Gasteiger partial charge is 0.481 e. The van der Waals surface area contributed by atoms with Crippen molar-refractivity contribution in [2.75, 3.05) is 7.11 Å². The molecule has 20 heavy (non-hydrogen) atoms. The molecule has 0 amide bonds. The lowest BCUT2D eigenvalue weighted by Gasteiger charge is -2.04. The molecule has 1 aromatic carbocycles. The van der Waals surface area contributed by atoms with E-state index in [1.807, 2.05) is 0 Å². The van der Waals surface area contributed by atoms with Crippen molar-refractivity contribution in [2.24, 2.45) is 0 Å². The van der Waals surface area contributed by atoms with Crippen molar-refractivity contribution in [3.8, 4) is 5.88 Å². The van der Waals surface area contributed by atoms with Crippen LogP contribution in [0.4, 0.5) is 4.39 Å². The van der Waals surface area contributed by atoms with E-state index in [2.05, 4.69) is 4.98 Å². The van der Waals surface area contributed by atoms with Crippen LogP contribution in [0.25, 0.3) is 0 Å². The molecular formula is C15H13ClFNO2. The Morgan fingerprint density at radius 3 is 2.75 bits per heavy atom. The van der Waals surface area contributed by atoms with Gasteiger partial charge in [0.2, 0.25) is 5.88 Å². The number of carbonyl (C=O) groups excluding carboxylic acids is 1. The second-order valence-corrected chi connectivity index (χ2v) is 4.77. The summed E-state index contributed by atoms with van der Waals surface area (Å²) in [7, 11) is 1.52. The lowest BCUT2D eigenvalue weighted by molar-refractivity contribution is -0.117. The van der Waals surface area contributed by atoms with E-state index in [1.165, 1.54) is 25.3 Å². The Labute approximate surface area is 121 Å². The van der Waals surface area contributed by atoms with Gasteiger partial charge in [0.15, 0.2) is 0 Å². The minimum absolute atomic E-state index is 0.0123. The first kappa shape index (κ1) is 14.5. The summed E-state index contributed by atoms with van der Waals surface area (Å²) in [6, 6.07) is 7.64. The minimum atomic E-state index is -0.421. The van der Waals surface area contributed by atoms with Crippen LogP contribution in [0.1, 0.15) is 11.1 Å². The molecular weight excluding hydrogens is 281 g/mol. The highest BCUT2D eigenvalue weighted by molar-refractivity contribution is 6.30. The monoisotopic (exact) mass is 293 g/mol. The van der Waals surface area contributed by atoms with Crippen molar-refractivity contribution < 1.29 is 13.9 Å². The zero-order valence-corrected chi connectivity index (χ0v) is 11.7. The lowest BCUT2D eigenvalue weighted by atomic mass is 10.0. The van der Waals surface area contributed by atoms with Crippen LogP contribution in [0.2, 0.25) is 5.02 Å². The van der Waals surface area contributed by atoms with Gasteiger partial charge in [0, 0.05) is 30.1 Å². The fourth-order valence-corrected chi connectivity index (χ4v) is 2.01. The van der Waals surface area contributed by atoms with Gasteiger partial charge >= 0.3 is 0 Å². The predicted molar refractivity (Wildman–Crippen MR) is 74.6 cm³/mol. The first-order valence-corrected chi connectivity index (χ1v) is 6.41. The third-order valence-corrected chi connectivity index (χ3v) is 3.04. The molecule has 0 atom stereocenters. The highest BCUT2D eigenvalue weighted by Gasteiger charge is 2.10. The van der Waals surface area contributed by atoms with Crippen molar-refractivity contribution >= 4 is 17.4 Å². The number of nitrogens with zero attached hydrogens (tertiary/aromatic N) is 1. The molecule has 2 aromatic rings. The number of pyridine rings is 1. The van der Waals surface area contributed by atoms with Crippen LogP contribution in [0.15, 0.2) is 36.5 Å². The smallest absolute Gasteiger partial charge is 0.212 e. The molecule has 5 heteroatoms. The Bertz CT molecular complexity index is 614. The van der Waals surface area contributed by atoms with Crippen LogP contribution in [0.3, 0.4) is 0 Å². The summed E-state index contributed by atoms with van der Waals surface area (Å²) in [6.07, 6.45) is 1.78. The number of rotatable bonds is 5. The summed E-state index contributed by atoms with van der Waals surface area (Å²) in [5.41, 5.74) is 1.07. The molecule has 0 saturated carbocycles. The van der Waals surface area contributed by atoms with Gasteiger partial charge in [-0.2, -0.15) is 0 Å². The zero-order valence-electron chi connectivity index (χ0n) is 10.9. The molecule has 0 fully saturated rings. The number of ether oxygens (including phenoxy) is 1. The van der Waals surface area contributed by atoms with E-state index in [1.54, 1.807) is 18.3 Å². The van der Waals surface area contributed by atoms with Gasteiger partial charge in [-0.3, -0.25) is 4.79 Å². The molecule has 0 bridgehead atoms. The van der Waals surface area contributed by atoms with E-state index in [9.17, 15) is 9.18 Å². The van der Waals surface area contributed by atoms with Crippen molar-refractivity contribution in [3.63, 3.8) is 0 Å². The van der Waals surface area contributed by atoms with Gasteiger partial charge in [0.05, 0.1) is 7.11 Å². The maximum Gasteiger partial charge on any atom is 0.212 e. The summed E-state index contributed by atoms with van der Waals surface area (Å²) < 4.78 is 18.5. The second kappa shape index (κ2) is 6.48. The molecule has 0 aliphatic heterocycles. The van der Waals surface area contributed by atoms with Crippen LogP contribution in [-0.2, 0) is 17.6 Å². The average Bonchev–Trinajstić information content (AvgIpc) is 2.43.